The normalized spacial score (nSPS) is 36.1. The van der Waals surface area contributed by atoms with Crippen molar-refractivity contribution >= 4 is 5.97 Å². The van der Waals surface area contributed by atoms with E-state index < -0.39 is 5.97 Å². The number of hydrogen-bond acceptors (Lipinski definition) is 2. The number of hydrogen-bond donors (Lipinski definition) is 1. The first-order chi connectivity index (χ1) is 6.18. The van der Waals surface area contributed by atoms with Gasteiger partial charge in [0.1, 0.15) is 0 Å². The summed E-state index contributed by atoms with van der Waals surface area (Å²) in [6.45, 7) is 3.15. The number of nitrogens with zero attached hydrogens (tertiary/aromatic N) is 1. The van der Waals surface area contributed by atoms with Crippen LogP contribution in [0.15, 0.2) is 0 Å². The van der Waals surface area contributed by atoms with Crippen LogP contribution in [0.4, 0.5) is 0 Å². The predicted octanol–water partition coefficient (Wildman–Crippen LogP) is 1.33. The Balaban J connectivity index is 1.91. The van der Waals surface area contributed by atoms with Gasteiger partial charge in [0.25, 0.3) is 0 Å². The van der Waals surface area contributed by atoms with Gasteiger partial charge in [0.15, 0.2) is 0 Å². The van der Waals surface area contributed by atoms with Gasteiger partial charge >= 0.3 is 5.97 Å². The van der Waals surface area contributed by atoms with E-state index in [0.29, 0.717) is 6.04 Å². The third kappa shape index (κ3) is 1.85. The number of carboxylic acid groups (broad SMARTS) is 1. The molecule has 0 aromatic rings. The molecule has 1 N–H and O–H groups in total. The zero-order chi connectivity index (χ0) is 9.42. The van der Waals surface area contributed by atoms with Crippen molar-refractivity contribution in [1.29, 1.82) is 0 Å². The summed E-state index contributed by atoms with van der Waals surface area (Å²) >= 11 is 0. The van der Waals surface area contributed by atoms with Gasteiger partial charge in [-0.2, -0.15) is 0 Å². The Morgan fingerprint density at radius 2 is 2.08 bits per heavy atom. The summed E-state index contributed by atoms with van der Waals surface area (Å²) in [4.78, 5) is 13.3. The fourth-order valence-electron chi connectivity index (χ4n) is 2.36. The summed E-state index contributed by atoms with van der Waals surface area (Å²) in [5.41, 5.74) is 0. The Kier molecular flexibility index (Phi) is 2.28. The van der Waals surface area contributed by atoms with E-state index in [-0.39, 0.29) is 5.92 Å². The highest BCUT2D eigenvalue weighted by molar-refractivity contribution is 5.70. The van der Waals surface area contributed by atoms with Crippen LogP contribution < -0.4 is 0 Å². The third-order valence-corrected chi connectivity index (χ3v) is 3.29. The maximum atomic E-state index is 10.8. The predicted molar refractivity (Wildman–Crippen MR) is 49.5 cm³/mol. The fraction of sp³-hybridized carbons (Fsp3) is 0.900. The molecule has 1 saturated carbocycles. The standard InChI is InChI=1S/C10H17NO2/c1-7-6-8(10(12)13)4-5-11(7)9-2-3-9/h7-9H,2-6H2,1H3,(H,12,13). The molecule has 74 valence electrons. The van der Waals surface area contributed by atoms with Gasteiger partial charge in [0.2, 0.25) is 0 Å². The molecule has 0 spiro atoms. The number of rotatable bonds is 2. The Morgan fingerprint density at radius 3 is 2.54 bits per heavy atom. The molecule has 1 heterocycles. The van der Waals surface area contributed by atoms with E-state index in [2.05, 4.69) is 11.8 Å². The molecule has 1 aliphatic carbocycles. The molecular formula is C10H17NO2. The van der Waals surface area contributed by atoms with Gasteiger partial charge in [-0.25, -0.2) is 0 Å². The van der Waals surface area contributed by atoms with Crippen LogP contribution in [0.1, 0.15) is 32.6 Å². The molecule has 0 amide bonds. The SMILES string of the molecule is CC1CC(C(=O)O)CCN1C1CC1. The van der Waals surface area contributed by atoms with Crippen molar-refractivity contribution in [3.63, 3.8) is 0 Å². The van der Waals surface area contributed by atoms with Crippen molar-refractivity contribution < 1.29 is 9.90 Å². The second-order valence-electron chi connectivity index (χ2n) is 4.38. The number of carbonyl (C=O) groups is 1. The quantitative estimate of drug-likeness (QED) is 0.702. The highest BCUT2D eigenvalue weighted by Crippen LogP contribution is 2.34. The van der Waals surface area contributed by atoms with Crippen molar-refractivity contribution in [1.82, 2.24) is 4.90 Å². The van der Waals surface area contributed by atoms with Crippen LogP contribution in [0.2, 0.25) is 0 Å². The Morgan fingerprint density at radius 1 is 1.38 bits per heavy atom. The van der Waals surface area contributed by atoms with Gasteiger partial charge in [-0.05, 0) is 39.2 Å². The highest BCUT2D eigenvalue weighted by Gasteiger charge is 2.37. The maximum absolute atomic E-state index is 10.8. The van der Waals surface area contributed by atoms with Crippen LogP contribution in [0.3, 0.4) is 0 Å². The number of piperidine rings is 1. The Hall–Kier alpha value is -0.570. The number of likely N-dealkylation sites (tertiary alicyclic amines) is 1. The molecule has 2 fully saturated rings. The minimum Gasteiger partial charge on any atom is -0.481 e. The van der Waals surface area contributed by atoms with Crippen LogP contribution in [0.25, 0.3) is 0 Å². The molecule has 2 aliphatic rings. The van der Waals surface area contributed by atoms with Gasteiger partial charge in [-0.15, -0.1) is 0 Å². The molecule has 0 bridgehead atoms. The van der Waals surface area contributed by atoms with Gasteiger partial charge in [-0.1, -0.05) is 0 Å². The van der Waals surface area contributed by atoms with Crippen LogP contribution in [0.5, 0.6) is 0 Å². The minimum absolute atomic E-state index is 0.0926. The summed E-state index contributed by atoms with van der Waals surface area (Å²) in [6, 6.07) is 1.26. The smallest absolute Gasteiger partial charge is 0.306 e. The number of carboxylic acids is 1. The lowest BCUT2D eigenvalue weighted by molar-refractivity contribution is -0.144. The molecule has 0 radical (unpaired) electrons. The first-order valence-electron chi connectivity index (χ1n) is 5.17. The van der Waals surface area contributed by atoms with Crippen LogP contribution in [0, 0.1) is 5.92 Å². The molecule has 2 atom stereocenters. The zero-order valence-corrected chi connectivity index (χ0v) is 8.07. The van der Waals surface area contributed by atoms with E-state index in [9.17, 15) is 4.79 Å². The van der Waals surface area contributed by atoms with E-state index in [1.165, 1.54) is 12.8 Å². The first-order valence-corrected chi connectivity index (χ1v) is 5.17. The molecular weight excluding hydrogens is 166 g/mol. The third-order valence-electron chi connectivity index (χ3n) is 3.29. The Labute approximate surface area is 78.7 Å². The summed E-state index contributed by atoms with van der Waals surface area (Å²) < 4.78 is 0. The highest BCUT2D eigenvalue weighted by atomic mass is 16.4. The molecule has 1 saturated heterocycles. The average molecular weight is 183 g/mol. The van der Waals surface area contributed by atoms with Crippen LogP contribution in [-0.4, -0.2) is 34.6 Å². The summed E-state index contributed by atoms with van der Waals surface area (Å²) in [7, 11) is 0. The molecule has 1 aliphatic heterocycles. The fourth-order valence-corrected chi connectivity index (χ4v) is 2.36. The molecule has 2 rings (SSSR count). The monoisotopic (exact) mass is 183 g/mol. The van der Waals surface area contributed by atoms with Gasteiger partial charge in [0.05, 0.1) is 5.92 Å². The molecule has 3 heteroatoms. The van der Waals surface area contributed by atoms with E-state index >= 15 is 0 Å². The summed E-state index contributed by atoms with van der Waals surface area (Å²) in [5, 5.41) is 8.88. The van der Waals surface area contributed by atoms with Gasteiger partial charge in [-0.3, -0.25) is 9.69 Å². The van der Waals surface area contributed by atoms with Gasteiger partial charge < -0.3 is 5.11 Å². The van der Waals surface area contributed by atoms with E-state index in [0.717, 1.165) is 25.4 Å². The zero-order valence-electron chi connectivity index (χ0n) is 8.07. The summed E-state index contributed by atoms with van der Waals surface area (Å²) in [5.74, 6) is -0.702. The van der Waals surface area contributed by atoms with Crippen LogP contribution in [-0.2, 0) is 4.79 Å². The minimum atomic E-state index is -0.609. The average Bonchev–Trinajstić information content (AvgIpc) is 2.87. The van der Waals surface area contributed by atoms with E-state index in [4.69, 9.17) is 5.11 Å². The van der Waals surface area contributed by atoms with E-state index in [1.54, 1.807) is 0 Å². The lowest BCUT2D eigenvalue weighted by Gasteiger charge is -2.36. The molecule has 13 heavy (non-hydrogen) atoms. The number of aliphatic carboxylic acids is 1. The second kappa shape index (κ2) is 3.29. The second-order valence-corrected chi connectivity index (χ2v) is 4.38. The maximum Gasteiger partial charge on any atom is 0.306 e. The molecule has 0 aromatic carbocycles. The van der Waals surface area contributed by atoms with Gasteiger partial charge in [0, 0.05) is 12.1 Å². The lowest BCUT2D eigenvalue weighted by Crippen LogP contribution is -2.43. The van der Waals surface area contributed by atoms with Crippen molar-refractivity contribution in [3.8, 4) is 0 Å². The Bertz CT molecular complexity index is 213. The molecule has 3 nitrogen and oxygen atoms in total. The summed E-state index contributed by atoms with van der Waals surface area (Å²) in [6.07, 6.45) is 4.33. The first kappa shape index (κ1) is 9.00. The lowest BCUT2D eigenvalue weighted by atomic mass is 9.91. The molecule has 2 unspecified atom stereocenters. The van der Waals surface area contributed by atoms with Crippen molar-refractivity contribution in [2.75, 3.05) is 6.54 Å². The topological polar surface area (TPSA) is 40.5 Å². The van der Waals surface area contributed by atoms with Crippen LogP contribution >= 0.6 is 0 Å². The largest absolute Gasteiger partial charge is 0.481 e. The van der Waals surface area contributed by atoms with Crippen molar-refractivity contribution in [2.24, 2.45) is 5.92 Å². The van der Waals surface area contributed by atoms with E-state index in [1.807, 2.05) is 0 Å². The van der Waals surface area contributed by atoms with Crippen molar-refractivity contribution in [2.45, 2.75) is 44.7 Å². The van der Waals surface area contributed by atoms with Crippen molar-refractivity contribution in [3.05, 3.63) is 0 Å². The molecule has 0 aromatic heterocycles.